The molecular formula is C13H15NO4. The fraction of sp³-hybridized carbons (Fsp3) is 0.385. The van der Waals surface area contributed by atoms with Crippen LogP contribution in [0.1, 0.15) is 25.0 Å². The Morgan fingerprint density at radius 2 is 2.39 bits per heavy atom. The number of nitro groups is 1. The predicted molar refractivity (Wildman–Crippen MR) is 67.4 cm³/mol. The second-order valence-electron chi connectivity index (χ2n) is 4.16. The summed E-state index contributed by atoms with van der Waals surface area (Å²) >= 11 is 0. The van der Waals surface area contributed by atoms with Crippen molar-refractivity contribution < 1.29 is 14.4 Å². The summed E-state index contributed by atoms with van der Waals surface area (Å²) in [5.41, 5.74) is 1.76. The molecule has 0 N–H and O–H groups in total. The van der Waals surface area contributed by atoms with Crippen LogP contribution in [0.2, 0.25) is 0 Å². The van der Waals surface area contributed by atoms with E-state index in [1.807, 2.05) is 19.9 Å². The zero-order valence-electron chi connectivity index (χ0n) is 10.4. The molecule has 0 saturated heterocycles. The minimum atomic E-state index is -0.494. The first kappa shape index (κ1) is 12.4. The molecule has 5 nitrogen and oxygen atoms in total. The lowest BCUT2D eigenvalue weighted by molar-refractivity contribution is -0.400. The summed E-state index contributed by atoms with van der Waals surface area (Å²) in [5, 5.41) is 10.4. The third-order valence-electron chi connectivity index (χ3n) is 2.70. The largest absolute Gasteiger partial charge is 0.493 e. The van der Waals surface area contributed by atoms with Crippen molar-refractivity contribution in [2.75, 3.05) is 6.61 Å². The molecular weight excluding hydrogens is 234 g/mol. The maximum absolute atomic E-state index is 10.4. The normalized spacial score (nSPS) is 17.6. The molecule has 1 heterocycles. The summed E-state index contributed by atoms with van der Waals surface area (Å²) in [6, 6.07) is 3.70. The summed E-state index contributed by atoms with van der Waals surface area (Å²) in [7, 11) is 0. The van der Waals surface area contributed by atoms with Gasteiger partial charge in [-0.15, -0.1) is 0 Å². The van der Waals surface area contributed by atoms with Gasteiger partial charge in [-0.3, -0.25) is 10.1 Å². The van der Waals surface area contributed by atoms with E-state index in [2.05, 4.69) is 0 Å². The lowest BCUT2D eigenvalue weighted by Crippen LogP contribution is -2.05. The zero-order chi connectivity index (χ0) is 13.1. The van der Waals surface area contributed by atoms with Crippen molar-refractivity contribution in [3.05, 3.63) is 39.6 Å². The van der Waals surface area contributed by atoms with E-state index in [1.165, 1.54) is 6.08 Å². The van der Waals surface area contributed by atoms with Crippen molar-refractivity contribution in [2.45, 2.75) is 26.4 Å². The molecule has 0 saturated carbocycles. The third-order valence-corrected chi connectivity index (χ3v) is 2.70. The Labute approximate surface area is 105 Å². The Bertz CT molecular complexity index is 496. The van der Waals surface area contributed by atoms with Gasteiger partial charge >= 0.3 is 0 Å². The van der Waals surface area contributed by atoms with Gasteiger partial charge in [-0.25, -0.2) is 0 Å². The molecule has 0 fully saturated rings. The minimum Gasteiger partial charge on any atom is -0.493 e. The topological polar surface area (TPSA) is 61.6 Å². The number of ether oxygens (including phenoxy) is 2. The van der Waals surface area contributed by atoms with Crippen LogP contribution in [0.15, 0.2) is 18.3 Å². The van der Waals surface area contributed by atoms with Crippen LogP contribution in [-0.2, 0) is 6.42 Å². The Morgan fingerprint density at radius 3 is 3.06 bits per heavy atom. The molecule has 0 radical (unpaired) electrons. The fourth-order valence-electron chi connectivity index (χ4n) is 2.01. The van der Waals surface area contributed by atoms with Gasteiger partial charge in [-0.2, -0.15) is 0 Å². The molecule has 5 heteroatoms. The van der Waals surface area contributed by atoms with Gasteiger partial charge in [0.15, 0.2) is 0 Å². The highest BCUT2D eigenvalue weighted by molar-refractivity contribution is 5.62. The number of nitrogens with zero attached hydrogens (tertiary/aromatic N) is 1. The summed E-state index contributed by atoms with van der Waals surface area (Å²) < 4.78 is 11.1. The molecule has 1 atom stereocenters. The molecule has 1 aromatic rings. The van der Waals surface area contributed by atoms with E-state index < -0.39 is 4.92 Å². The van der Waals surface area contributed by atoms with Gasteiger partial charge in [-0.05, 0) is 26.0 Å². The second kappa shape index (κ2) is 5.08. The first-order valence-corrected chi connectivity index (χ1v) is 5.88. The number of hydrogen-bond acceptors (Lipinski definition) is 4. The monoisotopic (exact) mass is 249 g/mol. The van der Waals surface area contributed by atoms with Crippen molar-refractivity contribution in [3.8, 4) is 11.5 Å². The second-order valence-corrected chi connectivity index (χ2v) is 4.16. The standard InChI is InChI=1S/C13H15NO4/c1-3-17-12-8-11-6-9(2)18-13(11)7-10(12)4-5-14(15)16/h4-5,7-9H,3,6H2,1-2H3. The molecule has 0 aliphatic carbocycles. The average molecular weight is 249 g/mol. The smallest absolute Gasteiger partial charge is 0.235 e. The number of hydrogen-bond donors (Lipinski definition) is 0. The molecule has 1 unspecified atom stereocenters. The number of rotatable bonds is 4. The quantitative estimate of drug-likeness (QED) is 0.608. The Morgan fingerprint density at radius 1 is 1.61 bits per heavy atom. The lowest BCUT2D eigenvalue weighted by atomic mass is 10.1. The van der Waals surface area contributed by atoms with Gasteiger partial charge in [0.05, 0.1) is 11.5 Å². The fourth-order valence-corrected chi connectivity index (χ4v) is 2.01. The van der Waals surface area contributed by atoms with Crippen LogP contribution in [0.25, 0.3) is 6.08 Å². The average Bonchev–Trinajstić information content (AvgIpc) is 2.65. The molecule has 1 aliphatic rings. The highest BCUT2D eigenvalue weighted by Gasteiger charge is 2.21. The summed E-state index contributed by atoms with van der Waals surface area (Å²) in [6.45, 7) is 4.40. The lowest BCUT2D eigenvalue weighted by Gasteiger charge is -2.09. The van der Waals surface area contributed by atoms with Gasteiger partial charge in [0.25, 0.3) is 0 Å². The van der Waals surface area contributed by atoms with Crippen LogP contribution in [-0.4, -0.2) is 17.6 Å². The molecule has 1 aliphatic heterocycles. The van der Waals surface area contributed by atoms with E-state index in [9.17, 15) is 10.1 Å². The molecule has 0 amide bonds. The molecule has 96 valence electrons. The highest BCUT2D eigenvalue weighted by atomic mass is 16.6. The van der Waals surface area contributed by atoms with Crippen LogP contribution in [0.4, 0.5) is 0 Å². The van der Waals surface area contributed by atoms with E-state index in [1.54, 1.807) is 6.07 Å². The van der Waals surface area contributed by atoms with Crippen LogP contribution >= 0.6 is 0 Å². The van der Waals surface area contributed by atoms with Crippen LogP contribution in [0.3, 0.4) is 0 Å². The summed E-state index contributed by atoms with van der Waals surface area (Å²) in [4.78, 5) is 9.88. The third kappa shape index (κ3) is 2.61. The number of benzene rings is 1. The van der Waals surface area contributed by atoms with Gasteiger partial charge in [0.1, 0.15) is 17.6 Å². The summed E-state index contributed by atoms with van der Waals surface area (Å²) in [5.74, 6) is 1.45. The van der Waals surface area contributed by atoms with Crippen molar-refractivity contribution in [3.63, 3.8) is 0 Å². The Kier molecular flexibility index (Phi) is 3.50. The molecule has 0 spiro atoms. The summed E-state index contributed by atoms with van der Waals surface area (Å²) in [6.07, 6.45) is 3.32. The Balaban J connectivity index is 2.37. The molecule has 2 rings (SSSR count). The van der Waals surface area contributed by atoms with Crippen LogP contribution in [0, 0.1) is 10.1 Å². The van der Waals surface area contributed by atoms with Gasteiger partial charge < -0.3 is 9.47 Å². The van der Waals surface area contributed by atoms with Crippen molar-refractivity contribution in [1.29, 1.82) is 0 Å². The minimum absolute atomic E-state index is 0.143. The predicted octanol–water partition coefficient (Wildman–Crippen LogP) is 2.66. The van der Waals surface area contributed by atoms with Crippen molar-refractivity contribution in [2.24, 2.45) is 0 Å². The van der Waals surface area contributed by atoms with Crippen molar-refractivity contribution in [1.82, 2.24) is 0 Å². The van der Waals surface area contributed by atoms with Gasteiger partial charge in [0, 0.05) is 23.6 Å². The van der Waals surface area contributed by atoms with E-state index in [0.717, 1.165) is 23.9 Å². The van der Waals surface area contributed by atoms with E-state index >= 15 is 0 Å². The zero-order valence-corrected chi connectivity index (χ0v) is 10.4. The van der Waals surface area contributed by atoms with Gasteiger partial charge in [0.2, 0.25) is 6.20 Å². The first-order chi connectivity index (χ1) is 8.60. The first-order valence-electron chi connectivity index (χ1n) is 5.88. The maximum Gasteiger partial charge on any atom is 0.235 e. The number of fused-ring (bicyclic) bond motifs is 1. The molecule has 0 aromatic heterocycles. The maximum atomic E-state index is 10.4. The van der Waals surface area contributed by atoms with Gasteiger partial charge in [-0.1, -0.05) is 0 Å². The van der Waals surface area contributed by atoms with E-state index in [0.29, 0.717) is 17.9 Å². The van der Waals surface area contributed by atoms with Crippen molar-refractivity contribution >= 4 is 6.08 Å². The van der Waals surface area contributed by atoms with E-state index in [4.69, 9.17) is 9.47 Å². The molecule has 1 aromatic carbocycles. The Hall–Kier alpha value is -2.04. The highest BCUT2D eigenvalue weighted by Crippen LogP contribution is 2.35. The SMILES string of the molecule is CCOc1cc2c(cc1C=C[N+](=O)[O-])OC(C)C2. The van der Waals surface area contributed by atoms with Crippen LogP contribution in [0.5, 0.6) is 11.5 Å². The van der Waals surface area contributed by atoms with Crippen LogP contribution < -0.4 is 9.47 Å². The molecule has 18 heavy (non-hydrogen) atoms. The van der Waals surface area contributed by atoms with E-state index in [-0.39, 0.29) is 6.10 Å². The molecule has 0 bridgehead atoms.